The number of carbonyl (C=O) groups excluding carboxylic acids is 2. The molecule has 0 amide bonds. The van der Waals surface area contributed by atoms with Crippen LogP contribution in [-0.4, -0.2) is 23.1 Å². The van der Waals surface area contributed by atoms with E-state index in [1.54, 1.807) is 6.92 Å². The van der Waals surface area contributed by atoms with Crippen molar-refractivity contribution in [1.29, 1.82) is 0 Å². The predicted molar refractivity (Wildman–Crippen MR) is 47.0 cm³/mol. The van der Waals surface area contributed by atoms with Gasteiger partial charge in [-0.15, -0.1) is 0 Å². The molecule has 1 heterocycles. The second-order valence-electron chi connectivity index (χ2n) is 2.31. The number of hydrogen-bond donors (Lipinski definition) is 0. The highest BCUT2D eigenvalue weighted by Crippen LogP contribution is 2.43. The zero-order valence-corrected chi connectivity index (χ0v) is 8.16. The first-order valence-electron chi connectivity index (χ1n) is 3.20. The Morgan fingerprint density at radius 2 is 2.33 bits per heavy atom. The van der Waals surface area contributed by atoms with E-state index >= 15 is 0 Å². The van der Waals surface area contributed by atoms with Crippen molar-refractivity contribution in [3.8, 4) is 0 Å². The lowest BCUT2D eigenvalue weighted by Crippen LogP contribution is -2.35. The number of esters is 1. The Morgan fingerprint density at radius 1 is 1.75 bits per heavy atom. The summed E-state index contributed by atoms with van der Waals surface area (Å²) in [6, 6.07) is 0. The minimum absolute atomic E-state index is 0.418. The van der Waals surface area contributed by atoms with Crippen molar-refractivity contribution < 1.29 is 14.3 Å². The van der Waals surface area contributed by atoms with Crippen molar-refractivity contribution in [3.63, 3.8) is 0 Å². The SMILES string of the molecule is COC(=O)C1(Cl)SC(C)=CC1=O. The Morgan fingerprint density at radius 3 is 2.67 bits per heavy atom. The highest BCUT2D eigenvalue weighted by Gasteiger charge is 2.48. The van der Waals surface area contributed by atoms with Crippen molar-refractivity contribution in [2.45, 2.75) is 11.1 Å². The average Bonchev–Trinajstić information content (AvgIpc) is 2.26. The van der Waals surface area contributed by atoms with E-state index in [0.717, 1.165) is 16.7 Å². The molecular formula is C7H7ClO3S. The Hall–Kier alpha value is -0.480. The summed E-state index contributed by atoms with van der Waals surface area (Å²) in [5.74, 6) is -1.13. The molecule has 0 fully saturated rings. The third kappa shape index (κ3) is 1.36. The molecule has 1 atom stereocenters. The Balaban J connectivity index is 2.90. The van der Waals surface area contributed by atoms with Gasteiger partial charge in [0.1, 0.15) is 0 Å². The molecule has 1 aliphatic heterocycles. The van der Waals surface area contributed by atoms with Gasteiger partial charge < -0.3 is 4.74 Å². The third-order valence-corrected chi connectivity index (χ3v) is 3.06. The molecule has 5 heteroatoms. The molecule has 0 bridgehead atoms. The highest BCUT2D eigenvalue weighted by molar-refractivity contribution is 8.07. The van der Waals surface area contributed by atoms with E-state index in [2.05, 4.69) is 4.74 Å². The molecule has 1 aliphatic rings. The first-order valence-corrected chi connectivity index (χ1v) is 4.39. The van der Waals surface area contributed by atoms with Crippen molar-refractivity contribution in [3.05, 3.63) is 11.0 Å². The number of ether oxygens (including phenoxy) is 1. The number of methoxy groups -OCH3 is 1. The lowest BCUT2D eigenvalue weighted by atomic mass is 10.2. The fraction of sp³-hybridized carbons (Fsp3) is 0.429. The monoisotopic (exact) mass is 206 g/mol. The number of rotatable bonds is 1. The van der Waals surface area contributed by atoms with Gasteiger partial charge in [-0.2, -0.15) is 0 Å². The van der Waals surface area contributed by atoms with Gasteiger partial charge in [0.25, 0.3) is 4.21 Å². The first-order chi connectivity index (χ1) is 5.50. The molecule has 3 nitrogen and oxygen atoms in total. The minimum atomic E-state index is -1.57. The molecule has 0 saturated heterocycles. The summed E-state index contributed by atoms with van der Waals surface area (Å²) in [4.78, 5) is 23.0. The maximum absolute atomic E-state index is 11.2. The maximum Gasteiger partial charge on any atom is 0.345 e. The highest BCUT2D eigenvalue weighted by atomic mass is 35.5. The van der Waals surface area contributed by atoms with Gasteiger partial charge in [-0.05, 0) is 17.9 Å². The fourth-order valence-electron chi connectivity index (χ4n) is 0.853. The van der Waals surface area contributed by atoms with Crippen LogP contribution < -0.4 is 0 Å². The van der Waals surface area contributed by atoms with E-state index in [9.17, 15) is 9.59 Å². The maximum atomic E-state index is 11.2. The lowest BCUT2D eigenvalue weighted by molar-refractivity contribution is -0.143. The summed E-state index contributed by atoms with van der Waals surface area (Å²) in [7, 11) is 1.20. The van der Waals surface area contributed by atoms with Crippen LogP contribution in [0.3, 0.4) is 0 Å². The standard InChI is InChI=1S/C7H7ClO3S/c1-4-3-5(9)7(8,12-4)6(10)11-2/h3H,1-2H3. The predicted octanol–water partition coefficient (Wildman–Crippen LogP) is 1.31. The van der Waals surface area contributed by atoms with Crippen LogP contribution in [0.5, 0.6) is 0 Å². The van der Waals surface area contributed by atoms with Crippen molar-refractivity contribution >= 4 is 35.1 Å². The molecule has 0 aromatic rings. The molecule has 66 valence electrons. The summed E-state index contributed by atoms with van der Waals surface area (Å²) in [6.07, 6.45) is 1.34. The molecule has 1 unspecified atom stereocenters. The summed E-state index contributed by atoms with van der Waals surface area (Å²) >= 11 is 6.76. The second kappa shape index (κ2) is 3.11. The normalized spacial score (nSPS) is 28.6. The zero-order chi connectivity index (χ0) is 9.35. The number of thioether (sulfide) groups is 1. The van der Waals surface area contributed by atoms with Gasteiger partial charge in [0.15, 0.2) is 5.78 Å². The summed E-state index contributed by atoms with van der Waals surface area (Å²) in [6.45, 7) is 1.72. The molecule has 0 aromatic carbocycles. The van der Waals surface area contributed by atoms with Gasteiger partial charge in [0, 0.05) is 0 Å². The molecule has 12 heavy (non-hydrogen) atoms. The van der Waals surface area contributed by atoms with Crippen molar-refractivity contribution in [2.24, 2.45) is 0 Å². The van der Waals surface area contributed by atoms with E-state index in [0.29, 0.717) is 0 Å². The molecule has 0 aromatic heterocycles. The molecule has 0 N–H and O–H groups in total. The smallest absolute Gasteiger partial charge is 0.345 e. The fourth-order valence-corrected chi connectivity index (χ4v) is 2.29. The minimum Gasteiger partial charge on any atom is -0.467 e. The van der Waals surface area contributed by atoms with Gasteiger partial charge >= 0.3 is 5.97 Å². The van der Waals surface area contributed by atoms with Gasteiger partial charge in [-0.3, -0.25) is 4.79 Å². The average molecular weight is 207 g/mol. The first kappa shape index (κ1) is 9.61. The summed E-state index contributed by atoms with van der Waals surface area (Å²) in [5.41, 5.74) is 0. The number of carbonyl (C=O) groups is 2. The van der Waals surface area contributed by atoms with Crippen LogP contribution in [-0.2, 0) is 14.3 Å². The van der Waals surface area contributed by atoms with E-state index in [1.807, 2.05) is 0 Å². The number of ketones is 1. The van der Waals surface area contributed by atoms with Crippen LogP contribution in [0.1, 0.15) is 6.92 Å². The van der Waals surface area contributed by atoms with Crippen LogP contribution in [0.25, 0.3) is 0 Å². The Kier molecular flexibility index (Phi) is 2.49. The lowest BCUT2D eigenvalue weighted by Gasteiger charge is -2.14. The topological polar surface area (TPSA) is 43.4 Å². The van der Waals surface area contributed by atoms with Gasteiger partial charge in [0.05, 0.1) is 7.11 Å². The molecule has 0 spiro atoms. The molecule has 1 rings (SSSR count). The Labute approximate surface area is 79.1 Å². The number of halogens is 1. The van der Waals surface area contributed by atoms with E-state index in [1.165, 1.54) is 13.2 Å². The third-order valence-electron chi connectivity index (χ3n) is 1.40. The van der Waals surface area contributed by atoms with Gasteiger partial charge in [0.2, 0.25) is 0 Å². The molecule has 0 radical (unpaired) electrons. The van der Waals surface area contributed by atoms with E-state index < -0.39 is 16.0 Å². The summed E-state index contributed by atoms with van der Waals surface area (Å²) in [5, 5.41) is 0. The second-order valence-corrected chi connectivity index (χ2v) is 4.56. The van der Waals surface area contributed by atoms with Crippen LogP contribution in [0.2, 0.25) is 0 Å². The number of hydrogen-bond acceptors (Lipinski definition) is 4. The number of allylic oxidation sites excluding steroid dienone is 2. The molecule has 0 saturated carbocycles. The van der Waals surface area contributed by atoms with Crippen LogP contribution >= 0.6 is 23.4 Å². The van der Waals surface area contributed by atoms with Gasteiger partial charge in [-0.25, -0.2) is 4.79 Å². The van der Waals surface area contributed by atoms with E-state index in [4.69, 9.17) is 11.6 Å². The molecule has 0 aliphatic carbocycles. The van der Waals surface area contributed by atoms with E-state index in [-0.39, 0.29) is 0 Å². The number of alkyl halides is 1. The van der Waals surface area contributed by atoms with Crippen LogP contribution in [0, 0.1) is 0 Å². The van der Waals surface area contributed by atoms with Gasteiger partial charge in [-0.1, -0.05) is 23.4 Å². The largest absolute Gasteiger partial charge is 0.467 e. The zero-order valence-electron chi connectivity index (χ0n) is 6.59. The van der Waals surface area contributed by atoms with Crippen LogP contribution in [0.15, 0.2) is 11.0 Å². The van der Waals surface area contributed by atoms with Crippen molar-refractivity contribution in [2.75, 3.05) is 7.11 Å². The van der Waals surface area contributed by atoms with Crippen molar-refractivity contribution in [1.82, 2.24) is 0 Å². The Bertz CT molecular complexity index is 274. The quantitative estimate of drug-likeness (QED) is 0.369. The van der Waals surface area contributed by atoms with Crippen LogP contribution in [0.4, 0.5) is 0 Å². The summed E-state index contributed by atoms with van der Waals surface area (Å²) < 4.78 is 2.84. The molecular weight excluding hydrogens is 200 g/mol.